The second kappa shape index (κ2) is 6.78. The summed E-state index contributed by atoms with van der Waals surface area (Å²) in [5.74, 6) is -0.354. The fourth-order valence-electron chi connectivity index (χ4n) is 2.20. The molecule has 1 unspecified atom stereocenters. The molecule has 0 aromatic heterocycles. The van der Waals surface area contributed by atoms with Crippen LogP contribution >= 0.6 is 0 Å². The van der Waals surface area contributed by atoms with Gasteiger partial charge in [0.1, 0.15) is 5.75 Å². The van der Waals surface area contributed by atoms with Crippen LogP contribution in [0.3, 0.4) is 0 Å². The molecule has 7 heteroatoms. The number of nitrogens with zero attached hydrogens (tertiary/aromatic N) is 1. The molecule has 0 radical (unpaired) electrons. The molecule has 2 aromatic carbocycles. The summed E-state index contributed by atoms with van der Waals surface area (Å²) in [6.07, 6.45) is 0. The molecule has 0 bridgehead atoms. The van der Waals surface area contributed by atoms with Crippen LogP contribution in [0.1, 0.15) is 28.9 Å². The molecule has 120 valence electrons. The van der Waals surface area contributed by atoms with Crippen molar-refractivity contribution >= 4 is 11.6 Å². The van der Waals surface area contributed by atoms with Gasteiger partial charge in [-0.2, -0.15) is 0 Å². The molecule has 0 fully saturated rings. The Morgan fingerprint density at radius 3 is 2.61 bits per heavy atom. The fraction of sp³-hybridized carbons (Fsp3) is 0.188. The van der Waals surface area contributed by atoms with Gasteiger partial charge in [0, 0.05) is 17.2 Å². The molecule has 0 heterocycles. The lowest BCUT2D eigenvalue weighted by Gasteiger charge is -2.17. The van der Waals surface area contributed by atoms with Crippen LogP contribution in [-0.4, -0.2) is 23.0 Å². The summed E-state index contributed by atoms with van der Waals surface area (Å²) in [6, 6.07) is 10.4. The van der Waals surface area contributed by atoms with E-state index >= 15 is 0 Å². The number of para-hydroxylation sites is 1. The van der Waals surface area contributed by atoms with E-state index in [1.807, 2.05) is 18.2 Å². The highest BCUT2D eigenvalue weighted by molar-refractivity contribution is 5.95. The summed E-state index contributed by atoms with van der Waals surface area (Å²) in [6.45, 7) is 1.79. The Morgan fingerprint density at radius 2 is 2.00 bits per heavy atom. The number of methoxy groups -OCH3 is 1. The van der Waals surface area contributed by atoms with E-state index in [1.165, 1.54) is 6.07 Å². The molecule has 0 spiro atoms. The number of nitro groups is 1. The van der Waals surface area contributed by atoms with Gasteiger partial charge in [0.25, 0.3) is 5.91 Å². The number of nitrogens with one attached hydrogen (secondary N) is 1. The molecular weight excluding hydrogens is 300 g/mol. The predicted octanol–water partition coefficient (Wildman–Crippen LogP) is 2.80. The van der Waals surface area contributed by atoms with Crippen LogP contribution in [0.4, 0.5) is 5.69 Å². The highest BCUT2D eigenvalue weighted by atomic mass is 16.6. The van der Waals surface area contributed by atoms with E-state index in [0.29, 0.717) is 5.75 Å². The van der Waals surface area contributed by atoms with Crippen molar-refractivity contribution in [3.8, 4) is 11.5 Å². The zero-order chi connectivity index (χ0) is 17.0. The quantitative estimate of drug-likeness (QED) is 0.652. The van der Waals surface area contributed by atoms with Gasteiger partial charge in [0.15, 0.2) is 5.75 Å². The number of amides is 1. The molecule has 0 aliphatic rings. The predicted molar refractivity (Wildman–Crippen MR) is 83.6 cm³/mol. The van der Waals surface area contributed by atoms with Crippen molar-refractivity contribution in [1.29, 1.82) is 0 Å². The maximum absolute atomic E-state index is 12.2. The van der Waals surface area contributed by atoms with Crippen LogP contribution in [0.5, 0.6) is 11.5 Å². The standard InChI is InChI=1S/C16H16N2O5/c1-10(12-5-3-4-6-15(12)23-2)17-16(20)11-7-8-13(18(21)22)14(19)9-11/h3-10,19H,1-2H3,(H,17,20). The molecule has 7 nitrogen and oxygen atoms in total. The topological polar surface area (TPSA) is 102 Å². The lowest BCUT2D eigenvalue weighted by molar-refractivity contribution is -0.385. The maximum atomic E-state index is 12.2. The smallest absolute Gasteiger partial charge is 0.310 e. The Balaban J connectivity index is 2.18. The average molecular weight is 316 g/mol. The molecule has 2 aromatic rings. The average Bonchev–Trinajstić information content (AvgIpc) is 2.54. The zero-order valence-electron chi connectivity index (χ0n) is 12.6. The molecule has 0 saturated carbocycles. The van der Waals surface area contributed by atoms with Gasteiger partial charge < -0.3 is 15.2 Å². The molecule has 1 amide bonds. The van der Waals surface area contributed by atoms with Gasteiger partial charge in [0.05, 0.1) is 18.1 Å². The molecule has 2 N–H and O–H groups in total. The second-order valence-electron chi connectivity index (χ2n) is 4.90. The first-order valence-electron chi connectivity index (χ1n) is 6.85. The number of phenolic OH excluding ortho intramolecular Hbond substituents is 1. The van der Waals surface area contributed by atoms with E-state index in [-0.39, 0.29) is 11.6 Å². The van der Waals surface area contributed by atoms with Crippen LogP contribution in [-0.2, 0) is 0 Å². The monoisotopic (exact) mass is 316 g/mol. The molecule has 23 heavy (non-hydrogen) atoms. The van der Waals surface area contributed by atoms with Gasteiger partial charge in [-0.1, -0.05) is 18.2 Å². The Labute approximate surface area is 132 Å². The van der Waals surface area contributed by atoms with Crippen molar-refractivity contribution < 1.29 is 19.6 Å². The highest BCUT2D eigenvalue weighted by Crippen LogP contribution is 2.27. The van der Waals surface area contributed by atoms with Gasteiger partial charge in [0.2, 0.25) is 0 Å². The fourth-order valence-corrected chi connectivity index (χ4v) is 2.20. The van der Waals surface area contributed by atoms with E-state index in [9.17, 15) is 20.0 Å². The van der Waals surface area contributed by atoms with Crippen molar-refractivity contribution in [3.63, 3.8) is 0 Å². The number of hydrogen-bond acceptors (Lipinski definition) is 5. The largest absolute Gasteiger partial charge is 0.502 e. The highest BCUT2D eigenvalue weighted by Gasteiger charge is 2.18. The van der Waals surface area contributed by atoms with E-state index in [0.717, 1.165) is 17.7 Å². The van der Waals surface area contributed by atoms with Crippen LogP contribution in [0.25, 0.3) is 0 Å². The Kier molecular flexibility index (Phi) is 4.80. The molecule has 0 aliphatic carbocycles. The van der Waals surface area contributed by atoms with E-state index in [4.69, 9.17) is 4.74 Å². The number of carbonyl (C=O) groups excluding carboxylic acids is 1. The first-order chi connectivity index (χ1) is 10.9. The number of phenols is 1. The number of ether oxygens (including phenoxy) is 1. The SMILES string of the molecule is COc1ccccc1C(C)NC(=O)c1ccc([N+](=O)[O-])c(O)c1. The number of aromatic hydroxyl groups is 1. The second-order valence-corrected chi connectivity index (χ2v) is 4.90. The van der Waals surface area contributed by atoms with Crippen LogP contribution in [0, 0.1) is 10.1 Å². The third-order valence-corrected chi connectivity index (χ3v) is 3.39. The molecule has 0 saturated heterocycles. The summed E-state index contributed by atoms with van der Waals surface area (Å²) < 4.78 is 5.25. The van der Waals surface area contributed by atoms with Crippen molar-refractivity contribution in [3.05, 3.63) is 63.7 Å². The van der Waals surface area contributed by atoms with Crippen LogP contribution < -0.4 is 10.1 Å². The summed E-state index contributed by atoms with van der Waals surface area (Å²) >= 11 is 0. The number of benzene rings is 2. The minimum atomic E-state index is -0.714. The minimum Gasteiger partial charge on any atom is -0.502 e. The zero-order valence-corrected chi connectivity index (χ0v) is 12.6. The molecule has 2 rings (SSSR count). The normalized spacial score (nSPS) is 11.6. The summed E-state index contributed by atoms with van der Waals surface area (Å²) in [4.78, 5) is 22.2. The van der Waals surface area contributed by atoms with Crippen molar-refractivity contribution in [2.45, 2.75) is 13.0 Å². The first-order valence-corrected chi connectivity index (χ1v) is 6.85. The van der Waals surface area contributed by atoms with Gasteiger partial charge in [-0.05, 0) is 25.1 Å². The summed E-state index contributed by atoms with van der Waals surface area (Å²) in [5, 5.41) is 23.0. The lowest BCUT2D eigenvalue weighted by atomic mass is 10.1. The van der Waals surface area contributed by atoms with Gasteiger partial charge in [-0.3, -0.25) is 14.9 Å². The Morgan fingerprint density at radius 1 is 1.30 bits per heavy atom. The van der Waals surface area contributed by atoms with Crippen molar-refractivity contribution in [2.75, 3.05) is 7.11 Å². The molecule has 1 atom stereocenters. The number of rotatable bonds is 5. The number of nitro benzene ring substituents is 1. The third kappa shape index (κ3) is 3.57. The summed E-state index contributed by atoms with van der Waals surface area (Å²) in [5.41, 5.74) is 0.489. The van der Waals surface area contributed by atoms with Gasteiger partial charge in [-0.15, -0.1) is 0 Å². The van der Waals surface area contributed by atoms with E-state index < -0.39 is 22.3 Å². The van der Waals surface area contributed by atoms with E-state index in [2.05, 4.69) is 5.32 Å². The van der Waals surface area contributed by atoms with Gasteiger partial charge >= 0.3 is 5.69 Å². The minimum absolute atomic E-state index is 0.134. The van der Waals surface area contributed by atoms with Crippen LogP contribution in [0.15, 0.2) is 42.5 Å². The number of hydrogen-bond donors (Lipinski definition) is 2. The summed E-state index contributed by atoms with van der Waals surface area (Å²) in [7, 11) is 1.54. The lowest BCUT2D eigenvalue weighted by Crippen LogP contribution is -2.26. The van der Waals surface area contributed by atoms with Crippen molar-refractivity contribution in [1.82, 2.24) is 5.32 Å². The Bertz CT molecular complexity index is 745. The van der Waals surface area contributed by atoms with Gasteiger partial charge in [-0.25, -0.2) is 0 Å². The Hall–Kier alpha value is -3.09. The first kappa shape index (κ1) is 16.3. The van der Waals surface area contributed by atoms with E-state index in [1.54, 1.807) is 20.1 Å². The third-order valence-electron chi connectivity index (χ3n) is 3.39. The molecule has 0 aliphatic heterocycles. The molecular formula is C16H16N2O5. The van der Waals surface area contributed by atoms with Crippen LogP contribution in [0.2, 0.25) is 0 Å². The maximum Gasteiger partial charge on any atom is 0.310 e. The number of carbonyl (C=O) groups is 1. The van der Waals surface area contributed by atoms with Crippen molar-refractivity contribution in [2.24, 2.45) is 0 Å².